The predicted octanol–water partition coefficient (Wildman–Crippen LogP) is -0.0658. The third-order valence-corrected chi connectivity index (χ3v) is 6.99. The molecule has 1 N–H and O–H groups in total. The predicted molar refractivity (Wildman–Crippen MR) is 96.7 cm³/mol. The minimum Gasteiger partial charge on any atom is -0.550 e. The van der Waals surface area contributed by atoms with Gasteiger partial charge in [-0.1, -0.05) is 26.5 Å². The van der Waals surface area contributed by atoms with Gasteiger partial charge in [-0.15, -0.1) is 0 Å². The Bertz CT molecular complexity index is 829. The maximum absolute atomic E-state index is 13.0. The number of carboxylic acids is 1. The van der Waals surface area contributed by atoms with Crippen LogP contribution in [-0.4, -0.2) is 46.6 Å². The Hall–Kier alpha value is -2.48. The monoisotopic (exact) mass is 405 g/mol. The molecule has 2 aliphatic carbocycles. The van der Waals surface area contributed by atoms with Crippen molar-refractivity contribution in [2.45, 2.75) is 51.9 Å². The summed E-state index contributed by atoms with van der Waals surface area (Å²) in [6.07, 6.45) is 0.597. The third kappa shape index (κ3) is 2.84. The van der Waals surface area contributed by atoms with Crippen molar-refractivity contribution < 1.29 is 38.9 Å². The van der Waals surface area contributed by atoms with Crippen LogP contribution in [0.4, 0.5) is 0 Å². The van der Waals surface area contributed by atoms with E-state index in [2.05, 4.69) is 6.58 Å². The molecular formula is C21H25O8-. The van der Waals surface area contributed by atoms with Crippen molar-refractivity contribution in [3.8, 4) is 0 Å². The van der Waals surface area contributed by atoms with Crippen molar-refractivity contribution in [3.05, 3.63) is 24.3 Å². The molecule has 0 aromatic rings. The number of ketones is 1. The molecular weight excluding hydrogens is 380 g/mol. The molecule has 8 nitrogen and oxygen atoms in total. The standard InChI is InChI=1S/C21H26O8/c1-9(18(24)25)8-21(27)15-11(3)19(26)29-16(17(15)28-12(4)22)10(2)13-6-7-14(23)20(13,21)5/h6-7,9-10,13,15-17,27H,3,8H2,1-2,4-5H3,(H,24,25)/p-1/t9?,10-,13-,15?,16+,17?,20-,21-/m0/s1. The summed E-state index contributed by atoms with van der Waals surface area (Å²) in [6, 6.07) is 0. The first kappa shape index (κ1) is 21.2. The highest BCUT2D eigenvalue weighted by Gasteiger charge is 2.70. The van der Waals surface area contributed by atoms with Gasteiger partial charge in [0.25, 0.3) is 0 Å². The van der Waals surface area contributed by atoms with Gasteiger partial charge in [0.2, 0.25) is 0 Å². The number of hydrogen-bond acceptors (Lipinski definition) is 8. The fourth-order valence-corrected chi connectivity index (χ4v) is 5.41. The Kier molecular flexibility index (Phi) is 4.98. The van der Waals surface area contributed by atoms with Crippen LogP contribution in [0.25, 0.3) is 0 Å². The van der Waals surface area contributed by atoms with Gasteiger partial charge in [-0.05, 0) is 31.3 Å². The van der Waals surface area contributed by atoms with E-state index in [0.29, 0.717) is 0 Å². The van der Waals surface area contributed by atoms with Gasteiger partial charge in [0.15, 0.2) is 5.78 Å². The average molecular weight is 405 g/mol. The second-order valence-electron chi connectivity index (χ2n) is 8.61. The van der Waals surface area contributed by atoms with E-state index in [-0.39, 0.29) is 12.0 Å². The highest BCUT2D eigenvalue weighted by Crippen LogP contribution is 2.60. The smallest absolute Gasteiger partial charge is 0.334 e. The quantitative estimate of drug-likeness (QED) is 0.508. The zero-order valence-corrected chi connectivity index (χ0v) is 16.8. The van der Waals surface area contributed by atoms with Gasteiger partial charge in [0.05, 0.1) is 16.9 Å². The van der Waals surface area contributed by atoms with E-state index in [1.165, 1.54) is 19.9 Å². The van der Waals surface area contributed by atoms with Gasteiger partial charge in [-0.2, -0.15) is 0 Å². The maximum Gasteiger partial charge on any atom is 0.334 e. The van der Waals surface area contributed by atoms with Gasteiger partial charge in [-0.3, -0.25) is 9.59 Å². The van der Waals surface area contributed by atoms with Crippen LogP contribution in [0.2, 0.25) is 0 Å². The van der Waals surface area contributed by atoms with Gasteiger partial charge in [0, 0.05) is 24.4 Å². The molecule has 2 fully saturated rings. The van der Waals surface area contributed by atoms with Gasteiger partial charge >= 0.3 is 11.9 Å². The molecule has 0 radical (unpaired) electrons. The number of hydrogen-bond donors (Lipinski definition) is 1. The second-order valence-corrected chi connectivity index (χ2v) is 8.61. The fraction of sp³-hybridized carbons (Fsp3) is 0.619. The molecule has 1 aliphatic heterocycles. The zero-order valence-electron chi connectivity index (χ0n) is 16.8. The van der Waals surface area contributed by atoms with Crippen LogP contribution in [0.1, 0.15) is 34.1 Å². The molecule has 8 heteroatoms. The largest absolute Gasteiger partial charge is 0.550 e. The molecule has 0 aromatic heterocycles. The van der Waals surface area contributed by atoms with E-state index in [1.807, 2.05) is 0 Å². The molecule has 3 rings (SSSR count). The summed E-state index contributed by atoms with van der Waals surface area (Å²) in [4.78, 5) is 48.9. The summed E-state index contributed by atoms with van der Waals surface area (Å²) in [5.74, 6) is -6.62. The topological polar surface area (TPSA) is 130 Å². The normalized spacial score (nSPS) is 42.0. The highest BCUT2D eigenvalue weighted by atomic mass is 16.6. The average Bonchev–Trinajstić information content (AvgIpc) is 2.91. The number of esters is 2. The van der Waals surface area contributed by atoms with E-state index >= 15 is 0 Å². The molecule has 29 heavy (non-hydrogen) atoms. The van der Waals surface area contributed by atoms with Crippen LogP contribution in [0.3, 0.4) is 0 Å². The third-order valence-electron chi connectivity index (χ3n) is 6.99. The Morgan fingerprint density at radius 1 is 1.41 bits per heavy atom. The molecule has 3 aliphatic rings. The van der Waals surface area contributed by atoms with Crippen LogP contribution in [0.5, 0.6) is 0 Å². The van der Waals surface area contributed by atoms with Gasteiger partial charge in [0.1, 0.15) is 12.2 Å². The van der Waals surface area contributed by atoms with E-state index < -0.39 is 70.6 Å². The SMILES string of the molecule is C=C1C(=O)O[C@H]2C(OC(C)=O)C1[C@@](O)(CC(C)C(=O)[O-])[C@]1(C)C(=O)C=C[C@H]1[C@@H]2C. The molecule has 1 saturated heterocycles. The Balaban J connectivity index is 2.28. The van der Waals surface area contributed by atoms with Gasteiger partial charge in [-0.25, -0.2) is 4.79 Å². The lowest BCUT2D eigenvalue weighted by Gasteiger charge is -2.51. The van der Waals surface area contributed by atoms with E-state index in [0.717, 1.165) is 0 Å². The number of ether oxygens (including phenoxy) is 2. The Labute approximate surface area is 168 Å². The molecule has 2 bridgehead atoms. The van der Waals surface area contributed by atoms with Crippen molar-refractivity contribution in [2.75, 3.05) is 0 Å². The number of rotatable bonds is 4. The summed E-state index contributed by atoms with van der Waals surface area (Å²) >= 11 is 0. The number of carbonyl (C=O) groups excluding carboxylic acids is 4. The number of allylic oxidation sites excluding steroid dienone is 2. The summed E-state index contributed by atoms with van der Waals surface area (Å²) in [6.45, 7) is 9.59. The number of aliphatic hydroxyl groups is 1. The van der Waals surface area contributed by atoms with E-state index in [9.17, 15) is 29.4 Å². The Morgan fingerprint density at radius 3 is 2.59 bits per heavy atom. The minimum atomic E-state index is -2.04. The number of fused-ring (bicyclic) bond motifs is 3. The molecule has 0 spiro atoms. The summed E-state index contributed by atoms with van der Waals surface area (Å²) in [7, 11) is 0. The Morgan fingerprint density at radius 2 is 2.03 bits per heavy atom. The summed E-state index contributed by atoms with van der Waals surface area (Å²) < 4.78 is 11.0. The van der Waals surface area contributed by atoms with Crippen LogP contribution >= 0.6 is 0 Å². The maximum atomic E-state index is 13.0. The summed E-state index contributed by atoms with van der Waals surface area (Å²) in [5.41, 5.74) is -3.67. The van der Waals surface area contributed by atoms with Crippen molar-refractivity contribution in [1.82, 2.24) is 0 Å². The fourth-order valence-electron chi connectivity index (χ4n) is 5.41. The lowest BCUT2D eigenvalue weighted by atomic mass is 9.56. The molecule has 0 amide bonds. The van der Waals surface area contributed by atoms with Crippen LogP contribution in [-0.2, 0) is 28.7 Å². The highest BCUT2D eigenvalue weighted by molar-refractivity contribution is 5.99. The van der Waals surface area contributed by atoms with Crippen molar-refractivity contribution in [2.24, 2.45) is 29.1 Å². The molecule has 1 heterocycles. The van der Waals surface area contributed by atoms with Crippen molar-refractivity contribution in [1.29, 1.82) is 0 Å². The first-order valence-corrected chi connectivity index (χ1v) is 9.59. The first-order valence-electron chi connectivity index (χ1n) is 9.59. The molecule has 0 aromatic carbocycles. The van der Waals surface area contributed by atoms with E-state index in [1.54, 1.807) is 19.9 Å². The van der Waals surface area contributed by atoms with Gasteiger partial charge < -0.3 is 24.5 Å². The minimum absolute atomic E-state index is 0.158. The lowest BCUT2D eigenvalue weighted by Crippen LogP contribution is -2.62. The molecule has 8 atom stereocenters. The molecule has 1 saturated carbocycles. The number of carbonyl (C=O) groups is 4. The van der Waals surface area contributed by atoms with E-state index in [4.69, 9.17) is 9.47 Å². The summed E-state index contributed by atoms with van der Waals surface area (Å²) in [5, 5.41) is 23.6. The zero-order chi connectivity index (χ0) is 21.9. The van der Waals surface area contributed by atoms with Crippen LogP contribution in [0, 0.1) is 29.1 Å². The van der Waals surface area contributed by atoms with Crippen LogP contribution in [0.15, 0.2) is 24.3 Å². The second kappa shape index (κ2) is 6.79. The van der Waals surface area contributed by atoms with Crippen LogP contribution < -0.4 is 5.11 Å². The lowest BCUT2D eigenvalue weighted by molar-refractivity contribution is -0.313. The van der Waals surface area contributed by atoms with Crippen molar-refractivity contribution >= 4 is 23.7 Å². The number of carboxylic acid groups (broad SMARTS) is 1. The molecule has 3 unspecified atom stereocenters. The molecule has 158 valence electrons. The number of aliphatic carboxylic acids is 1. The first-order chi connectivity index (χ1) is 13.4. The van der Waals surface area contributed by atoms with Crippen molar-refractivity contribution in [3.63, 3.8) is 0 Å².